The first-order valence-electron chi connectivity index (χ1n) is 3.23. The highest BCUT2D eigenvalue weighted by Gasteiger charge is 2.19. The second-order valence-electron chi connectivity index (χ2n) is 2.13. The summed E-state index contributed by atoms with van der Waals surface area (Å²) in [7, 11) is 1.30. The molecule has 74 valence electrons. The number of ether oxygens (including phenoxy) is 1. The Morgan fingerprint density at radius 1 is 1.77 bits per heavy atom. The first-order chi connectivity index (χ1) is 5.66. The maximum Gasteiger partial charge on any atom is 0.328 e. The number of hydrogen-bond donors (Lipinski definition) is 1. The van der Waals surface area contributed by atoms with Crippen molar-refractivity contribution in [1.29, 1.82) is 0 Å². The zero-order chi connectivity index (χ0) is 9.14. The molecule has 13 heavy (non-hydrogen) atoms. The van der Waals surface area contributed by atoms with E-state index in [2.05, 4.69) is 4.74 Å². The smallest absolute Gasteiger partial charge is 0.328 e. The molecule has 0 bridgehead atoms. The quantitative estimate of drug-likeness (QED) is 0.807. The highest BCUT2D eigenvalue weighted by Crippen LogP contribution is 2.27. The van der Waals surface area contributed by atoms with Gasteiger partial charge in [-0.15, -0.1) is 23.7 Å². The van der Waals surface area contributed by atoms with Crippen LogP contribution >= 0.6 is 35.3 Å². The van der Waals surface area contributed by atoms with Crippen molar-refractivity contribution in [2.24, 2.45) is 5.73 Å². The molecule has 0 amide bonds. The number of halogens is 2. The number of carbonyl (C=O) groups is 1. The number of methoxy groups -OCH3 is 1. The minimum atomic E-state index is -0.762. The van der Waals surface area contributed by atoms with Crippen molar-refractivity contribution in [1.82, 2.24) is 0 Å². The van der Waals surface area contributed by atoms with E-state index in [1.54, 1.807) is 11.4 Å². The SMILES string of the molecule is COC(=O)[C@H](N)c1sccc1Cl.Cl. The van der Waals surface area contributed by atoms with Crippen LogP contribution in [0.5, 0.6) is 0 Å². The van der Waals surface area contributed by atoms with Gasteiger partial charge in [-0.1, -0.05) is 11.6 Å². The molecule has 0 saturated carbocycles. The Labute approximate surface area is 91.2 Å². The van der Waals surface area contributed by atoms with E-state index in [9.17, 15) is 4.79 Å². The van der Waals surface area contributed by atoms with Crippen molar-refractivity contribution in [3.63, 3.8) is 0 Å². The average molecular weight is 242 g/mol. The topological polar surface area (TPSA) is 52.3 Å². The van der Waals surface area contributed by atoms with Gasteiger partial charge >= 0.3 is 5.97 Å². The van der Waals surface area contributed by atoms with Gasteiger partial charge < -0.3 is 10.5 Å². The van der Waals surface area contributed by atoms with Crippen molar-refractivity contribution < 1.29 is 9.53 Å². The van der Waals surface area contributed by atoms with E-state index in [1.807, 2.05) is 0 Å². The molecular weight excluding hydrogens is 233 g/mol. The van der Waals surface area contributed by atoms with Gasteiger partial charge in [0.15, 0.2) is 0 Å². The van der Waals surface area contributed by atoms with Crippen LogP contribution in [0.15, 0.2) is 11.4 Å². The molecule has 0 aliphatic heterocycles. The third kappa shape index (κ3) is 2.84. The third-order valence-corrected chi connectivity index (χ3v) is 2.82. The normalized spacial score (nSPS) is 11.6. The highest BCUT2D eigenvalue weighted by molar-refractivity contribution is 7.10. The molecule has 0 aliphatic carbocycles. The van der Waals surface area contributed by atoms with Crippen molar-refractivity contribution in [2.75, 3.05) is 7.11 Å². The number of hydrogen-bond acceptors (Lipinski definition) is 4. The van der Waals surface area contributed by atoms with Gasteiger partial charge in [0, 0.05) is 0 Å². The van der Waals surface area contributed by atoms with E-state index in [-0.39, 0.29) is 12.4 Å². The minimum Gasteiger partial charge on any atom is -0.468 e. The Bertz CT molecular complexity index is 290. The summed E-state index contributed by atoms with van der Waals surface area (Å²) in [6.45, 7) is 0. The highest BCUT2D eigenvalue weighted by atomic mass is 35.5. The van der Waals surface area contributed by atoms with Crippen LogP contribution in [-0.4, -0.2) is 13.1 Å². The molecule has 0 aromatic carbocycles. The summed E-state index contributed by atoms with van der Waals surface area (Å²) in [6, 6.07) is 0.937. The lowest BCUT2D eigenvalue weighted by Crippen LogP contribution is -2.21. The van der Waals surface area contributed by atoms with Gasteiger partial charge in [0.25, 0.3) is 0 Å². The van der Waals surface area contributed by atoms with Gasteiger partial charge in [-0.25, -0.2) is 4.79 Å². The summed E-state index contributed by atoms with van der Waals surface area (Å²) in [4.78, 5) is 11.6. The molecule has 3 nitrogen and oxygen atoms in total. The van der Waals surface area contributed by atoms with Gasteiger partial charge in [0.1, 0.15) is 6.04 Å². The van der Waals surface area contributed by atoms with Crippen LogP contribution in [0.1, 0.15) is 10.9 Å². The van der Waals surface area contributed by atoms with Gasteiger partial charge in [0.2, 0.25) is 0 Å². The van der Waals surface area contributed by atoms with Gasteiger partial charge in [0.05, 0.1) is 17.0 Å². The van der Waals surface area contributed by atoms with Crippen LogP contribution in [0, 0.1) is 0 Å². The van der Waals surface area contributed by atoms with E-state index < -0.39 is 12.0 Å². The van der Waals surface area contributed by atoms with Crippen molar-refractivity contribution in [3.8, 4) is 0 Å². The molecule has 0 spiro atoms. The summed E-state index contributed by atoms with van der Waals surface area (Å²) in [5, 5.41) is 2.29. The van der Waals surface area contributed by atoms with Crippen molar-refractivity contribution >= 4 is 41.3 Å². The first kappa shape index (κ1) is 12.7. The molecule has 0 unspecified atom stereocenters. The largest absolute Gasteiger partial charge is 0.468 e. The Morgan fingerprint density at radius 2 is 2.38 bits per heavy atom. The van der Waals surface area contributed by atoms with Gasteiger partial charge in [-0.05, 0) is 11.4 Å². The van der Waals surface area contributed by atoms with Crippen LogP contribution in [0.25, 0.3) is 0 Å². The second kappa shape index (κ2) is 5.44. The van der Waals surface area contributed by atoms with E-state index in [4.69, 9.17) is 17.3 Å². The predicted molar refractivity (Wildman–Crippen MR) is 55.5 cm³/mol. The van der Waals surface area contributed by atoms with Crippen LogP contribution in [0.2, 0.25) is 5.02 Å². The zero-order valence-corrected chi connectivity index (χ0v) is 9.21. The maximum atomic E-state index is 11.0. The van der Waals surface area contributed by atoms with Crippen molar-refractivity contribution in [3.05, 3.63) is 21.3 Å². The second-order valence-corrected chi connectivity index (χ2v) is 3.49. The number of carbonyl (C=O) groups excluding carboxylic acids is 1. The number of nitrogens with two attached hydrogens (primary N) is 1. The molecule has 2 N–H and O–H groups in total. The van der Waals surface area contributed by atoms with Crippen LogP contribution in [-0.2, 0) is 9.53 Å². The van der Waals surface area contributed by atoms with Crippen LogP contribution in [0.3, 0.4) is 0 Å². The first-order valence-corrected chi connectivity index (χ1v) is 4.49. The molecule has 0 radical (unpaired) electrons. The number of rotatable bonds is 2. The third-order valence-electron chi connectivity index (χ3n) is 1.38. The van der Waals surface area contributed by atoms with E-state index >= 15 is 0 Å². The summed E-state index contributed by atoms with van der Waals surface area (Å²) in [5.74, 6) is -0.473. The van der Waals surface area contributed by atoms with Gasteiger partial charge in [-0.2, -0.15) is 0 Å². The fraction of sp³-hybridized carbons (Fsp3) is 0.286. The minimum absolute atomic E-state index is 0. The molecule has 1 aromatic heterocycles. The lowest BCUT2D eigenvalue weighted by molar-refractivity contribution is -0.142. The molecule has 1 atom stereocenters. The number of thiophene rings is 1. The van der Waals surface area contributed by atoms with Crippen LogP contribution in [0.4, 0.5) is 0 Å². The summed E-state index contributed by atoms with van der Waals surface area (Å²) >= 11 is 7.10. The molecule has 1 aromatic rings. The Hall–Kier alpha value is -0.290. The molecule has 1 rings (SSSR count). The molecule has 0 aliphatic rings. The Balaban J connectivity index is 0.00000144. The molecule has 0 saturated heterocycles. The van der Waals surface area contributed by atoms with E-state index in [1.165, 1.54) is 18.4 Å². The standard InChI is InChI=1S/C7H8ClNO2S.ClH/c1-11-7(10)5(9)6-4(8)2-3-12-6;/h2-3,5H,9H2,1H3;1H/t5-;/m1./s1. The maximum absolute atomic E-state index is 11.0. The summed E-state index contributed by atoms with van der Waals surface area (Å²) < 4.78 is 4.47. The molecule has 0 fully saturated rings. The van der Waals surface area contributed by atoms with Crippen LogP contribution < -0.4 is 5.73 Å². The lowest BCUT2D eigenvalue weighted by atomic mass is 10.2. The van der Waals surface area contributed by atoms with Gasteiger partial charge in [-0.3, -0.25) is 0 Å². The van der Waals surface area contributed by atoms with E-state index in [0.29, 0.717) is 9.90 Å². The predicted octanol–water partition coefficient (Wildman–Crippen LogP) is 2.00. The Kier molecular flexibility index (Phi) is 5.32. The monoisotopic (exact) mass is 241 g/mol. The lowest BCUT2D eigenvalue weighted by Gasteiger charge is -2.06. The van der Waals surface area contributed by atoms with E-state index in [0.717, 1.165) is 0 Å². The fourth-order valence-corrected chi connectivity index (χ4v) is 1.92. The zero-order valence-electron chi connectivity index (χ0n) is 6.82. The summed E-state index contributed by atoms with van der Waals surface area (Å²) in [6.07, 6.45) is 0. The average Bonchev–Trinajstić information content (AvgIpc) is 2.48. The summed E-state index contributed by atoms with van der Waals surface area (Å²) in [5.41, 5.74) is 5.55. The fourth-order valence-electron chi connectivity index (χ4n) is 0.761. The molecule has 1 heterocycles. The molecule has 6 heteroatoms. The van der Waals surface area contributed by atoms with Crippen molar-refractivity contribution in [2.45, 2.75) is 6.04 Å². The Morgan fingerprint density at radius 3 is 2.77 bits per heavy atom. The molecular formula is C7H9Cl2NO2S. The number of esters is 1.